The summed E-state index contributed by atoms with van der Waals surface area (Å²) in [5, 5.41) is 8.99. The molecule has 0 heterocycles. The van der Waals surface area contributed by atoms with Crippen molar-refractivity contribution in [2.24, 2.45) is 0 Å². The second kappa shape index (κ2) is 10.8. The van der Waals surface area contributed by atoms with Crippen LogP contribution in [0.2, 0.25) is 0 Å². The number of amides is 1. The highest BCUT2D eigenvalue weighted by Crippen LogP contribution is 2.14. The van der Waals surface area contributed by atoms with Gasteiger partial charge in [-0.15, -0.1) is 0 Å². The van der Waals surface area contributed by atoms with Gasteiger partial charge >= 0.3 is 5.97 Å². The van der Waals surface area contributed by atoms with E-state index in [1.165, 1.54) is 17.5 Å². The molecule has 0 aliphatic heterocycles. The van der Waals surface area contributed by atoms with Gasteiger partial charge in [0.2, 0.25) is 5.91 Å². The van der Waals surface area contributed by atoms with Crippen LogP contribution in [0.3, 0.4) is 0 Å². The van der Waals surface area contributed by atoms with Crippen molar-refractivity contribution >= 4 is 11.9 Å². The van der Waals surface area contributed by atoms with Crippen molar-refractivity contribution in [3.8, 4) is 0 Å². The molecule has 0 aliphatic rings. The number of unbranched alkanes of at least 4 members (excludes halogenated alkanes) is 1. The summed E-state index contributed by atoms with van der Waals surface area (Å²) in [6.45, 7) is 3.78. The van der Waals surface area contributed by atoms with Gasteiger partial charge in [-0.25, -0.2) is 4.79 Å². The van der Waals surface area contributed by atoms with Crippen LogP contribution >= 0.6 is 0 Å². The molecule has 1 aromatic rings. The molecule has 1 rings (SSSR count). The summed E-state index contributed by atoms with van der Waals surface area (Å²) >= 11 is 0. The van der Waals surface area contributed by atoms with E-state index in [0.29, 0.717) is 12.0 Å². The van der Waals surface area contributed by atoms with Gasteiger partial charge in [0, 0.05) is 7.05 Å². The van der Waals surface area contributed by atoms with Gasteiger partial charge in [-0.3, -0.25) is 4.79 Å². The van der Waals surface area contributed by atoms with Gasteiger partial charge in [-0.05, 0) is 37.0 Å². The summed E-state index contributed by atoms with van der Waals surface area (Å²) in [6.07, 6.45) is 4.32. The van der Waals surface area contributed by atoms with Crippen molar-refractivity contribution in [2.45, 2.75) is 58.5 Å². The molecule has 1 N–H and O–H groups in total. The topological polar surface area (TPSA) is 66.8 Å². The molecule has 0 fully saturated rings. The van der Waals surface area contributed by atoms with Crippen molar-refractivity contribution in [3.63, 3.8) is 0 Å². The predicted molar refractivity (Wildman–Crippen MR) is 93.6 cm³/mol. The number of aryl methyl sites for hydroxylation is 1. The molecule has 1 aromatic carbocycles. The predicted octanol–water partition coefficient (Wildman–Crippen LogP) is 3.15. The highest BCUT2D eigenvalue weighted by atomic mass is 16.5. The van der Waals surface area contributed by atoms with E-state index in [2.05, 4.69) is 6.92 Å². The fraction of sp³-hybridized carbons (Fsp3) is 0.579. The minimum absolute atomic E-state index is 0.0885. The standard InChI is InChI=1S/C19H29NO4/c1-4-6-8-15-9-11-16(12-10-15)19(23)24-17(7-5-2)13-18(22)20(3)14-21/h9-12,17,21H,4-8,13-14H2,1-3H3. The largest absolute Gasteiger partial charge is 0.458 e. The van der Waals surface area contributed by atoms with Crippen molar-refractivity contribution in [3.05, 3.63) is 35.4 Å². The van der Waals surface area contributed by atoms with Crippen LogP contribution in [0.25, 0.3) is 0 Å². The van der Waals surface area contributed by atoms with Crippen molar-refractivity contribution in [1.82, 2.24) is 4.90 Å². The molecule has 134 valence electrons. The fourth-order valence-corrected chi connectivity index (χ4v) is 2.36. The van der Waals surface area contributed by atoms with E-state index in [9.17, 15) is 9.59 Å². The van der Waals surface area contributed by atoms with Crippen LogP contribution in [0.1, 0.15) is 61.9 Å². The summed E-state index contributed by atoms with van der Waals surface area (Å²) in [7, 11) is 1.52. The zero-order valence-corrected chi connectivity index (χ0v) is 15.0. The lowest BCUT2D eigenvalue weighted by Crippen LogP contribution is -2.32. The average molecular weight is 335 g/mol. The number of carbonyl (C=O) groups is 2. The fourth-order valence-electron chi connectivity index (χ4n) is 2.36. The van der Waals surface area contributed by atoms with Crippen molar-refractivity contribution < 1.29 is 19.4 Å². The lowest BCUT2D eigenvalue weighted by Gasteiger charge is -2.20. The molecule has 0 saturated heterocycles. The van der Waals surface area contributed by atoms with E-state index < -0.39 is 12.1 Å². The van der Waals surface area contributed by atoms with Gasteiger partial charge in [0.1, 0.15) is 12.8 Å². The van der Waals surface area contributed by atoms with Crippen LogP contribution in [-0.4, -0.2) is 41.8 Å². The number of nitrogens with zero attached hydrogens (tertiary/aromatic N) is 1. The van der Waals surface area contributed by atoms with E-state index in [1.54, 1.807) is 12.1 Å². The van der Waals surface area contributed by atoms with E-state index in [4.69, 9.17) is 9.84 Å². The maximum atomic E-state index is 12.3. The van der Waals surface area contributed by atoms with Gasteiger partial charge in [0.25, 0.3) is 0 Å². The molecule has 0 aliphatic carbocycles. The number of ether oxygens (including phenoxy) is 1. The average Bonchev–Trinajstić information content (AvgIpc) is 2.59. The highest BCUT2D eigenvalue weighted by Gasteiger charge is 2.20. The van der Waals surface area contributed by atoms with Crippen molar-refractivity contribution in [2.75, 3.05) is 13.8 Å². The first-order valence-electron chi connectivity index (χ1n) is 8.66. The van der Waals surface area contributed by atoms with Gasteiger partial charge < -0.3 is 14.7 Å². The first-order chi connectivity index (χ1) is 11.5. The number of carbonyl (C=O) groups excluding carboxylic acids is 2. The Morgan fingerprint density at radius 1 is 1.17 bits per heavy atom. The minimum atomic E-state index is -0.469. The molecule has 1 unspecified atom stereocenters. The van der Waals surface area contributed by atoms with E-state index >= 15 is 0 Å². The third-order valence-corrected chi connectivity index (χ3v) is 3.93. The van der Waals surface area contributed by atoms with Gasteiger partial charge in [-0.2, -0.15) is 0 Å². The van der Waals surface area contributed by atoms with Gasteiger partial charge in [0.05, 0.1) is 12.0 Å². The summed E-state index contributed by atoms with van der Waals surface area (Å²) < 4.78 is 5.50. The maximum absolute atomic E-state index is 12.3. The molecule has 5 nitrogen and oxygen atoms in total. The Labute approximate surface area is 144 Å². The van der Waals surface area contributed by atoms with Crippen LogP contribution < -0.4 is 0 Å². The number of hydrogen-bond acceptors (Lipinski definition) is 4. The number of rotatable bonds is 10. The number of aliphatic hydroxyl groups excluding tert-OH is 1. The summed E-state index contributed by atoms with van der Waals surface area (Å²) in [5.41, 5.74) is 1.71. The monoisotopic (exact) mass is 335 g/mol. The van der Waals surface area contributed by atoms with Crippen LogP contribution in [0.5, 0.6) is 0 Å². The Morgan fingerprint density at radius 2 is 1.83 bits per heavy atom. The molecule has 0 saturated carbocycles. The normalized spacial score (nSPS) is 11.8. The van der Waals surface area contributed by atoms with Crippen LogP contribution in [-0.2, 0) is 16.0 Å². The third kappa shape index (κ3) is 6.71. The van der Waals surface area contributed by atoms with Crippen LogP contribution in [0.4, 0.5) is 0 Å². The zero-order valence-electron chi connectivity index (χ0n) is 15.0. The van der Waals surface area contributed by atoms with E-state index in [-0.39, 0.29) is 19.1 Å². The van der Waals surface area contributed by atoms with Crippen LogP contribution in [0, 0.1) is 0 Å². The van der Waals surface area contributed by atoms with E-state index in [0.717, 1.165) is 25.7 Å². The Kier molecular flexibility index (Phi) is 9.08. The number of hydrogen-bond donors (Lipinski definition) is 1. The SMILES string of the molecule is CCCCc1ccc(C(=O)OC(CCC)CC(=O)N(C)CO)cc1. The molecule has 24 heavy (non-hydrogen) atoms. The molecule has 0 spiro atoms. The smallest absolute Gasteiger partial charge is 0.338 e. The Balaban J connectivity index is 2.65. The molecule has 5 heteroatoms. The minimum Gasteiger partial charge on any atom is -0.458 e. The van der Waals surface area contributed by atoms with Crippen LogP contribution in [0.15, 0.2) is 24.3 Å². The van der Waals surface area contributed by atoms with E-state index in [1.807, 2.05) is 19.1 Å². The summed E-state index contributed by atoms with van der Waals surface area (Å²) in [4.78, 5) is 25.4. The lowest BCUT2D eigenvalue weighted by molar-refractivity contribution is -0.135. The number of benzene rings is 1. The lowest BCUT2D eigenvalue weighted by atomic mass is 10.1. The molecule has 0 radical (unpaired) electrons. The zero-order chi connectivity index (χ0) is 17.9. The number of esters is 1. The Morgan fingerprint density at radius 3 is 2.38 bits per heavy atom. The second-order valence-electron chi connectivity index (χ2n) is 6.05. The van der Waals surface area contributed by atoms with Gasteiger partial charge in [-0.1, -0.05) is 38.8 Å². The van der Waals surface area contributed by atoms with Gasteiger partial charge in [0.15, 0.2) is 0 Å². The molecule has 1 amide bonds. The summed E-state index contributed by atoms with van der Waals surface area (Å²) in [5.74, 6) is -0.645. The molecule has 0 aromatic heterocycles. The highest BCUT2D eigenvalue weighted by molar-refractivity contribution is 5.89. The Bertz CT molecular complexity index is 513. The third-order valence-electron chi connectivity index (χ3n) is 3.93. The molecular weight excluding hydrogens is 306 g/mol. The maximum Gasteiger partial charge on any atom is 0.338 e. The Hall–Kier alpha value is -1.88. The second-order valence-corrected chi connectivity index (χ2v) is 6.05. The quantitative estimate of drug-likeness (QED) is 0.527. The molecule has 0 bridgehead atoms. The first kappa shape index (κ1) is 20.2. The summed E-state index contributed by atoms with van der Waals surface area (Å²) in [6, 6.07) is 7.45. The molecule has 1 atom stereocenters. The van der Waals surface area contributed by atoms with Crippen molar-refractivity contribution in [1.29, 1.82) is 0 Å². The number of aliphatic hydroxyl groups is 1. The first-order valence-corrected chi connectivity index (χ1v) is 8.66. The molecular formula is C19H29NO4.